The van der Waals surface area contributed by atoms with E-state index in [1.165, 1.54) is 0 Å². The van der Waals surface area contributed by atoms with E-state index < -0.39 is 11.6 Å². The molecule has 0 aliphatic carbocycles. The number of halogens is 2. The molecule has 0 saturated carbocycles. The fourth-order valence-corrected chi connectivity index (χ4v) is 6.06. The van der Waals surface area contributed by atoms with Crippen molar-refractivity contribution < 1.29 is 19.1 Å². The van der Waals surface area contributed by atoms with Gasteiger partial charge in [0, 0.05) is 36.6 Å². The topological polar surface area (TPSA) is 129 Å². The average molecular weight is 616 g/mol. The highest BCUT2D eigenvalue weighted by Gasteiger charge is 2.46. The van der Waals surface area contributed by atoms with Crippen LogP contribution in [0.3, 0.4) is 0 Å². The Morgan fingerprint density at radius 1 is 1.23 bits per heavy atom. The maximum atomic E-state index is 12.3. The molecule has 2 aromatic carbocycles. The Hall–Kier alpha value is -3.41. The Morgan fingerprint density at radius 2 is 2.03 bits per heavy atom. The molecule has 1 aliphatic rings. The van der Waals surface area contributed by atoms with E-state index in [4.69, 9.17) is 20.8 Å². The second-order valence-corrected chi connectivity index (χ2v) is 10.6. The molecule has 2 aromatic heterocycles. The minimum absolute atomic E-state index is 0.0607. The fourth-order valence-electron chi connectivity index (χ4n) is 5.09. The number of rotatable bonds is 11. The maximum absolute atomic E-state index is 12.3. The highest BCUT2D eigenvalue weighted by Crippen LogP contribution is 2.42. The van der Waals surface area contributed by atoms with Crippen LogP contribution in [0.2, 0.25) is 0 Å². The molecule has 3 heterocycles. The van der Waals surface area contributed by atoms with Crippen molar-refractivity contribution in [2.24, 2.45) is 0 Å². The Balaban J connectivity index is 1.54. The smallest absolute Gasteiger partial charge is 0.355 e. The van der Waals surface area contributed by atoms with Gasteiger partial charge in [-0.25, -0.2) is 9.89 Å². The first-order valence-electron chi connectivity index (χ1n) is 12.6. The molecule has 10 nitrogen and oxygen atoms in total. The molecule has 0 radical (unpaired) electrons. The van der Waals surface area contributed by atoms with E-state index in [2.05, 4.69) is 48.8 Å². The zero-order valence-electron chi connectivity index (χ0n) is 21.5. The molecule has 1 unspecified atom stereocenters. The Bertz CT molecular complexity index is 1510. The van der Waals surface area contributed by atoms with Crippen LogP contribution >= 0.6 is 27.5 Å². The molecule has 0 spiro atoms. The van der Waals surface area contributed by atoms with E-state index in [-0.39, 0.29) is 10.9 Å². The molecule has 204 valence electrons. The van der Waals surface area contributed by atoms with Crippen molar-refractivity contribution in [1.29, 1.82) is 0 Å². The molecule has 12 heteroatoms. The number of aliphatic carboxylic acids is 1. The summed E-state index contributed by atoms with van der Waals surface area (Å²) in [5, 5.41) is 28.6. The van der Waals surface area contributed by atoms with Crippen molar-refractivity contribution >= 4 is 44.5 Å². The fraction of sp³-hybridized carbons (Fsp3) is 0.333. The number of carboxylic acid groups (broad SMARTS) is 1. The molecule has 1 aliphatic heterocycles. The van der Waals surface area contributed by atoms with Gasteiger partial charge in [0.15, 0.2) is 11.5 Å². The number of H-pyrrole nitrogens is 1. The number of ether oxygens (including phenoxy) is 1. The van der Waals surface area contributed by atoms with Crippen LogP contribution in [0.25, 0.3) is 33.7 Å². The van der Waals surface area contributed by atoms with Gasteiger partial charge in [-0.1, -0.05) is 55.3 Å². The number of nitrogens with one attached hydrogen (secondary N) is 2. The lowest BCUT2D eigenvalue weighted by Crippen LogP contribution is -2.53. The number of aromatic nitrogens is 4. The predicted molar refractivity (Wildman–Crippen MR) is 150 cm³/mol. The number of tetrazole rings is 1. The summed E-state index contributed by atoms with van der Waals surface area (Å²) in [6.07, 6.45) is 3.16. The number of aromatic amines is 1. The number of carbonyl (C=O) groups is 1. The summed E-state index contributed by atoms with van der Waals surface area (Å²) in [4.78, 5) is 14.2. The third-order valence-corrected chi connectivity index (χ3v) is 8.07. The van der Waals surface area contributed by atoms with Crippen LogP contribution in [0.4, 0.5) is 0 Å². The van der Waals surface area contributed by atoms with E-state index >= 15 is 0 Å². The first kappa shape index (κ1) is 27.2. The van der Waals surface area contributed by atoms with E-state index in [1.807, 2.05) is 47.4 Å². The van der Waals surface area contributed by atoms with Gasteiger partial charge < -0.3 is 24.5 Å². The van der Waals surface area contributed by atoms with Gasteiger partial charge in [-0.3, -0.25) is 0 Å². The summed E-state index contributed by atoms with van der Waals surface area (Å²) in [5.74, 6) is 0.0997. The number of hydrogen-bond acceptors (Lipinski definition) is 8. The summed E-state index contributed by atoms with van der Waals surface area (Å²) >= 11 is 10.2. The second kappa shape index (κ2) is 11.4. The standard InChI is InChI=1S/C27H28BrClN6O4/c1-3-4-11-27(12-13-38-2)30-24(29)22(26(36)37)35(27)15-16-9-10-20-19(14-16)21(28)23(39-20)17-7-5-6-8-18(17)25-31-33-34-32-25/h5-10,14,30H,3-4,11-13,15H2,1-2H3,(H,36,37)(H,31,32,33,34). The van der Waals surface area contributed by atoms with Crippen LogP contribution in [0.15, 0.2) is 62.2 Å². The molecular formula is C27H28BrClN6O4. The number of nitrogens with zero attached hydrogens (tertiary/aromatic N) is 4. The van der Waals surface area contributed by atoms with Crippen molar-refractivity contribution in [3.63, 3.8) is 0 Å². The van der Waals surface area contributed by atoms with Crippen LogP contribution in [0, 0.1) is 0 Å². The number of methoxy groups -OCH3 is 1. The lowest BCUT2D eigenvalue weighted by Gasteiger charge is -2.41. The summed E-state index contributed by atoms with van der Waals surface area (Å²) < 4.78 is 12.4. The van der Waals surface area contributed by atoms with Crippen molar-refractivity contribution in [3.05, 3.63) is 63.4 Å². The summed E-state index contributed by atoms with van der Waals surface area (Å²) in [5.41, 5.74) is 2.61. The van der Waals surface area contributed by atoms with Crippen molar-refractivity contribution in [2.75, 3.05) is 13.7 Å². The quantitative estimate of drug-likeness (QED) is 0.178. The average Bonchev–Trinajstić information content (AvgIpc) is 3.64. The van der Waals surface area contributed by atoms with Crippen LogP contribution in [0.5, 0.6) is 0 Å². The number of furan rings is 1. The second-order valence-electron chi connectivity index (χ2n) is 9.43. The summed E-state index contributed by atoms with van der Waals surface area (Å²) in [7, 11) is 1.64. The lowest BCUT2D eigenvalue weighted by atomic mass is 9.96. The molecule has 3 N–H and O–H groups in total. The SMILES string of the molecule is CCCCC1(CCOC)NC(Cl)=C(C(=O)O)N1Cc1ccc2oc(-c3ccccc3-c3nnn[nH]3)c(Br)c2c1. The van der Waals surface area contributed by atoms with Crippen LogP contribution in [0.1, 0.15) is 38.2 Å². The van der Waals surface area contributed by atoms with Gasteiger partial charge in [0.05, 0.1) is 11.1 Å². The molecule has 0 fully saturated rings. The minimum Gasteiger partial charge on any atom is -0.476 e. The van der Waals surface area contributed by atoms with Gasteiger partial charge >= 0.3 is 5.97 Å². The van der Waals surface area contributed by atoms with Gasteiger partial charge in [0.2, 0.25) is 0 Å². The monoisotopic (exact) mass is 614 g/mol. The third kappa shape index (κ3) is 5.13. The zero-order chi connectivity index (χ0) is 27.6. The first-order chi connectivity index (χ1) is 18.9. The Labute approximate surface area is 238 Å². The van der Waals surface area contributed by atoms with Crippen LogP contribution in [-0.2, 0) is 16.1 Å². The highest BCUT2D eigenvalue weighted by atomic mass is 79.9. The minimum atomic E-state index is -1.07. The molecule has 0 bridgehead atoms. The van der Waals surface area contributed by atoms with Gasteiger partial charge in [-0.2, -0.15) is 0 Å². The molecule has 4 aromatic rings. The molecule has 0 amide bonds. The summed E-state index contributed by atoms with van der Waals surface area (Å²) in [6, 6.07) is 13.6. The molecule has 39 heavy (non-hydrogen) atoms. The largest absolute Gasteiger partial charge is 0.476 e. The van der Waals surface area contributed by atoms with Crippen LogP contribution in [-0.4, -0.2) is 56.0 Å². The number of hydrogen-bond donors (Lipinski definition) is 3. The van der Waals surface area contributed by atoms with Crippen LogP contribution < -0.4 is 5.32 Å². The molecular weight excluding hydrogens is 588 g/mol. The lowest BCUT2D eigenvalue weighted by molar-refractivity contribution is -0.135. The Morgan fingerprint density at radius 3 is 2.72 bits per heavy atom. The normalized spacial score (nSPS) is 17.3. The Kier molecular flexibility index (Phi) is 7.92. The maximum Gasteiger partial charge on any atom is 0.355 e. The van der Waals surface area contributed by atoms with E-state index in [0.717, 1.165) is 45.8 Å². The van der Waals surface area contributed by atoms with Gasteiger partial charge in [-0.05, 0) is 56.9 Å². The highest BCUT2D eigenvalue weighted by molar-refractivity contribution is 9.10. The van der Waals surface area contributed by atoms with Gasteiger partial charge in [0.25, 0.3) is 0 Å². The van der Waals surface area contributed by atoms with Gasteiger partial charge in [-0.15, -0.1) is 5.10 Å². The van der Waals surface area contributed by atoms with Crippen molar-refractivity contribution in [2.45, 2.75) is 44.8 Å². The first-order valence-corrected chi connectivity index (χ1v) is 13.8. The van der Waals surface area contributed by atoms with E-state index in [9.17, 15) is 9.90 Å². The van der Waals surface area contributed by atoms with Gasteiger partial charge in [0.1, 0.15) is 22.2 Å². The number of benzene rings is 2. The van der Waals surface area contributed by atoms with Crippen molar-refractivity contribution in [3.8, 4) is 22.7 Å². The van der Waals surface area contributed by atoms with E-state index in [0.29, 0.717) is 36.7 Å². The number of carboxylic acids is 1. The van der Waals surface area contributed by atoms with E-state index in [1.54, 1.807) is 7.11 Å². The number of fused-ring (bicyclic) bond motifs is 1. The molecule has 0 saturated heterocycles. The summed E-state index contributed by atoms with van der Waals surface area (Å²) in [6.45, 7) is 2.90. The molecule has 1 atom stereocenters. The third-order valence-electron chi connectivity index (χ3n) is 7.01. The predicted octanol–water partition coefficient (Wildman–Crippen LogP) is 5.86. The zero-order valence-corrected chi connectivity index (χ0v) is 23.8. The van der Waals surface area contributed by atoms with Crippen molar-refractivity contribution in [1.82, 2.24) is 30.8 Å². The number of unbranched alkanes of at least 4 members (excludes halogenated alkanes) is 1. The molecule has 5 rings (SSSR count).